The highest BCUT2D eigenvalue weighted by molar-refractivity contribution is 6.03. The molecule has 0 aliphatic heterocycles. The largest absolute Gasteiger partial charge is 0.303 e. The van der Waals surface area contributed by atoms with Crippen molar-refractivity contribution >= 4 is 12.1 Å². The molecule has 0 bridgehead atoms. The van der Waals surface area contributed by atoms with Gasteiger partial charge in [0.25, 0.3) is 0 Å². The lowest BCUT2D eigenvalue weighted by molar-refractivity contribution is -0.107. The Hall–Kier alpha value is -1.44. The third-order valence-electron chi connectivity index (χ3n) is 2.67. The molecule has 2 nitrogen and oxygen atoms in total. The van der Waals surface area contributed by atoms with Crippen molar-refractivity contribution in [1.82, 2.24) is 0 Å². The molecule has 0 atom stereocenters. The molecule has 2 heteroatoms. The number of carbonyl (C=O) groups excluding carboxylic acids is 2. The van der Waals surface area contributed by atoms with E-state index in [1.807, 2.05) is 25.1 Å². The quantitative estimate of drug-likeness (QED) is 0.444. The fourth-order valence-corrected chi connectivity index (χ4v) is 1.57. The van der Waals surface area contributed by atoms with E-state index in [1.165, 1.54) is 0 Å². The molecule has 1 aromatic rings. The number of Topliss-reactive ketones (excluding diaryl/α,β-unsaturated/α-hetero) is 1. The molecule has 86 valence electrons. The van der Waals surface area contributed by atoms with Crippen molar-refractivity contribution in [3.63, 3.8) is 0 Å². The fourth-order valence-electron chi connectivity index (χ4n) is 1.57. The third-order valence-corrected chi connectivity index (χ3v) is 2.67. The zero-order valence-corrected chi connectivity index (χ0v) is 10.3. The minimum atomic E-state index is -0.0985. The molecule has 0 fully saturated rings. The van der Waals surface area contributed by atoms with Gasteiger partial charge in [0.15, 0.2) is 5.78 Å². The van der Waals surface area contributed by atoms with Crippen molar-refractivity contribution in [2.75, 3.05) is 0 Å². The van der Waals surface area contributed by atoms with E-state index >= 15 is 0 Å². The lowest BCUT2D eigenvalue weighted by Crippen LogP contribution is -2.13. The van der Waals surface area contributed by atoms with Gasteiger partial charge in [-0.2, -0.15) is 0 Å². The number of benzene rings is 1. The monoisotopic (exact) mass is 218 g/mol. The van der Waals surface area contributed by atoms with Gasteiger partial charge in [0.05, 0.1) is 6.42 Å². The number of aryl methyl sites for hydroxylation is 1. The normalized spacial score (nSPS) is 11.2. The Morgan fingerprint density at radius 2 is 1.94 bits per heavy atom. The van der Waals surface area contributed by atoms with Crippen LogP contribution in [-0.2, 0) is 10.2 Å². The molecule has 0 amide bonds. The minimum absolute atomic E-state index is 0.0178. The number of hydrogen-bond acceptors (Lipinski definition) is 2. The summed E-state index contributed by atoms with van der Waals surface area (Å²) in [7, 11) is 0. The molecular formula is C14H18O2. The van der Waals surface area contributed by atoms with Gasteiger partial charge in [0.2, 0.25) is 0 Å². The van der Waals surface area contributed by atoms with E-state index < -0.39 is 0 Å². The topological polar surface area (TPSA) is 34.1 Å². The fraction of sp³-hybridized carbons (Fsp3) is 0.429. The average molecular weight is 218 g/mol. The Morgan fingerprint density at radius 1 is 1.31 bits per heavy atom. The molecule has 0 aliphatic carbocycles. The number of ketones is 1. The van der Waals surface area contributed by atoms with Crippen LogP contribution in [0.25, 0.3) is 0 Å². The van der Waals surface area contributed by atoms with E-state index in [9.17, 15) is 9.59 Å². The smallest absolute Gasteiger partial charge is 0.170 e. The van der Waals surface area contributed by atoms with Crippen molar-refractivity contribution in [3.05, 3.63) is 34.9 Å². The first-order valence-electron chi connectivity index (χ1n) is 5.44. The minimum Gasteiger partial charge on any atom is -0.303 e. The first-order chi connectivity index (χ1) is 7.36. The summed E-state index contributed by atoms with van der Waals surface area (Å²) in [5.41, 5.74) is 2.73. The van der Waals surface area contributed by atoms with E-state index in [0.717, 1.165) is 11.1 Å². The van der Waals surface area contributed by atoms with Gasteiger partial charge in [-0.1, -0.05) is 32.9 Å². The summed E-state index contributed by atoms with van der Waals surface area (Å²) >= 11 is 0. The van der Waals surface area contributed by atoms with Crippen LogP contribution in [0.1, 0.15) is 48.7 Å². The summed E-state index contributed by atoms with van der Waals surface area (Å²) in [5, 5.41) is 0. The van der Waals surface area contributed by atoms with E-state index in [0.29, 0.717) is 11.8 Å². The van der Waals surface area contributed by atoms with Gasteiger partial charge < -0.3 is 4.79 Å². The second kappa shape index (κ2) is 4.60. The van der Waals surface area contributed by atoms with Gasteiger partial charge in [0, 0.05) is 5.56 Å². The van der Waals surface area contributed by atoms with Crippen molar-refractivity contribution in [3.8, 4) is 0 Å². The lowest BCUT2D eigenvalue weighted by atomic mass is 9.84. The maximum Gasteiger partial charge on any atom is 0.170 e. The van der Waals surface area contributed by atoms with Crippen LogP contribution in [0.15, 0.2) is 18.2 Å². The predicted octanol–water partition coefficient (Wildman–Crippen LogP) is 3.06. The van der Waals surface area contributed by atoms with Crippen LogP contribution in [-0.4, -0.2) is 12.1 Å². The summed E-state index contributed by atoms with van der Waals surface area (Å²) in [5.74, 6) is -0.0985. The van der Waals surface area contributed by atoms with Crippen LogP contribution >= 0.6 is 0 Å². The Bertz CT molecular complexity index is 411. The van der Waals surface area contributed by atoms with E-state index in [4.69, 9.17) is 0 Å². The third kappa shape index (κ3) is 2.78. The van der Waals surface area contributed by atoms with Crippen LogP contribution < -0.4 is 0 Å². The van der Waals surface area contributed by atoms with Crippen LogP contribution in [0, 0.1) is 6.92 Å². The Kier molecular flexibility index (Phi) is 3.63. The average Bonchev–Trinajstić information content (AvgIpc) is 2.16. The molecule has 0 radical (unpaired) electrons. The second-order valence-electron chi connectivity index (χ2n) is 5.07. The molecule has 0 heterocycles. The number of carbonyl (C=O) groups is 2. The molecule has 0 saturated carbocycles. The summed E-state index contributed by atoms with van der Waals surface area (Å²) in [4.78, 5) is 22.1. The van der Waals surface area contributed by atoms with E-state index in [1.54, 1.807) is 0 Å². The summed E-state index contributed by atoms with van der Waals surface area (Å²) < 4.78 is 0. The van der Waals surface area contributed by atoms with Gasteiger partial charge in [-0.25, -0.2) is 0 Å². The Morgan fingerprint density at radius 3 is 2.44 bits per heavy atom. The van der Waals surface area contributed by atoms with Crippen LogP contribution in [0.3, 0.4) is 0 Å². The molecule has 0 unspecified atom stereocenters. The highest BCUT2D eigenvalue weighted by Gasteiger charge is 2.16. The Labute approximate surface area is 96.7 Å². The summed E-state index contributed by atoms with van der Waals surface area (Å²) in [6.45, 7) is 8.20. The van der Waals surface area contributed by atoms with E-state index in [-0.39, 0.29) is 17.6 Å². The zero-order chi connectivity index (χ0) is 12.3. The van der Waals surface area contributed by atoms with Crippen molar-refractivity contribution in [1.29, 1.82) is 0 Å². The predicted molar refractivity (Wildman–Crippen MR) is 64.9 cm³/mol. The number of rotatable bonds is 3. The second-order valence-corrected chi connectivity index (χ2v) is 5.07. The van der Waals surface area contributed by atoms with Crippen molar-refractivity contribution < 1.29 is 9.59 Å². The van der Waals surface area contributed by atoms with Gasteiger partial charge in [-0.05, 0) is 29.5 Å². The molecule has 0 spiro atoms. The molecule has 0 N–H and O–H groups in total. The highest BCUT2D eigenvalue weighted by atomic mass is 16.1. The van der Waals surface area contributed by atoms with Crippen LogP contribution in [0.2, 0.25) is 0 Å². The maximum atomic E-state index is 11.7. The number of hydrogen-bond donors (Lipinski definition) is 0. The molecule has 0 saturated heterocycles. The van der Waals surface area contributed by atoms with Gasteiger partial charge in [0.1, 0.15) is 6.29 Å². The molecule has 0 aromatic heterocycles. The molecule has 0 aliphatic rings. The molecular weight excluding hydrogens is 200 g/mol. The van der Waals surface area contributed by atoms with Crippen LogP contribution in [0.4, 0.5) is 0 Å². The van der Waals surface area contributed by atoms with Gasteiger partial charge in [-0.3, -0.25) is 4.79 Å². The van der Waals surface area contributed by atoms with Gasteiger partial charge in [-0.15, -0.1) is 0 Å². The Balaban J connectivity index is 3.18. The maximum absolute atomic E-state index is 11.7. The molecule has 1 rings (SSSR count). The first kappa shape index (κ1) is 12.6. The zero-order valence-electron chi connectivity index (χ0n) is 10.3. The first-order valence-corrected chi connectivity index (χ1v) is 5.44. The van der Waals surface area contributed by atoms with E-state index in [2.05, 4.69) is 20.8 Å². The molecule has 16 heavy (non-hydrogen) atoms. The van der Waals surface area contributed by atoms with Gasteiger partial charge >= 0.3 is 0 Å². The van der Waals surface area contributed by atoms with Crippen molar-refractivity contribution in [2.24, 2.45) is 0 Å². The SMILES string of the molecule is Cc1ccc(C(C)(C)C)cc1C(=O)CC=O. The molecule has 1 aromatic carbocycles. The summed E-state index contributed by atoms with van der Waals surface area (Å²) in [6.07, 6.45) is 0.625. The standard InChI is InChI=1S/C14H18O2/c1-10-5-6-11(14(2,3)4)9-12(10)13(16)7-8-15/h5-6,8-9H,7H2,1-4H3. The number of aldehydes is 1. The van der Waals surface area contributed by atoms with Crippen LogP contribution in [0.5, 0.6) is 0 Å². The lowest BCUT2D eigenvalue weighted by Gasteiger charge is -2.20. The summed E-state index contributed by atoms with van der Waals surface area (Å²) in [6, 6.07) is 5.88. The highest BCUT2D eigenvalue weighted by Crippen LogP contribution is 2.24. The van der Waals surface area contributed by atoms with Crippen molar-refractivity contribution in [2.45, 2.75) is 39.5 Å².